The predicted octanol–water partition coefficient (Wildman–Crippen LogP) is 4.03. The minimum Gasteiger partial charge on any atom is -0.303 e. The van der Waals surface area contributed by atoms with Crippen LogP contribution in [-0.4, -0.2) is 30.2 Å². The van der Waals surface area contributed by atoms with Crippen LogP contribution in [0.2, 0.25) is 0 Å². The lowest BCUT2D eigenvalue weighted by Crippen LogP contribution is -2.42. The van der Waals surface area contributed by atoms with Crippen LogP contribution in [0.5, 0.6) is 0 Å². The maximum absolute atomic E-state index is 13.7. The number of likely N-dealkylation sites (tertiary alicyclic amines) is 1. The maximum atomic E-state index is 13.7. The van der Waals surface area contributed by atoms with Crippen molar-refractivity contribution in [2.75, 3.05) is 19.6 Å². The normalized spacial score (nSPS) is 21.6. The first kappa shape index (κ1) is 14.0. The second-order valence-corrected chi connectivity index (χ2v) is 5.66. The first-order chi connectivity index (χ1) is 7.57. The van der Waals surface area contributed by atoms with Gasteiger partial charge in [-0.2, -0.15) is 0 Å². The van der Waals surface area contributed by atoms with Crippen LogP contribution in [0.25, 0.3) is 0 Å². The van der Waals surface area contributed by atoms with Gasteiger partial charge in [0.2, 0.25) is 0 Å². The topological polar surface area (TPSA) is 3.24 Å². The minimum absolute atomic E-state index is 0.720. The number of alkyl halides is 1. The zero-order chi connectivity index (χ0) is 12.0. The fourth-order valence-electron chi connectivity index (χ4n) is 2.71. The Bertz CT molecular complexity index is 175. The summed E-state index contributed by atoms with van der Waals surface area (Å²) in [6.07, 6.45) is 6.66. The Morgan fingerprint density at radius 2 is 1.62 bits per heavy atom. The summed E-state index contributed by atoms with van der Waals surface area (Å²) in [5, 5.41) is 0. The average Bonchev–Trinajstić information content (AvgIpc) is 2.22. The van der Waals surface area contributed by atoms with Crippen LogP contribution in [0.3, 0.4) is 0 Å². The molecule has 0 atom stereocenters. The maximum Gasteiger partial charge on any atom is 0.110 e. The van der Waals surface area contributed by atoms with Crippen molar-refractivity contribution in [1.82, 2.24) is 4.90 Å². The Balaban J connectivity index is 2.30. The van der Waals surface area contributed by atoms with Crippen molar-refractivity contribution in [2.24, 2.45) is 5.92 Å². The predicted molar refractivity (Wildman–Crippen MR) is 68.5 cm³/mol. The molecule has 0 aromatic rings. The van der Waals surface area contributed by atoms with Gasteiger partial charge >= 0.3 is 0 Å². The third-order valence-corrected chi connectivity index (χ3v) is 3.81. The lowest BCUT2D eigenvalue weighted by Gasteiger charge is -2.36. The first-order valence-electron chi connectivity index (χ1n) is 6.98. The second-order valence-electron chi connectivity index (χ2n) is 5.66. The molecule has 16 heavy (non-hydrogen) atoms. The number of rotatable bonds is 6. The van der Waals surface area contributed by atoms with E-state index in [9.17, 15) is 4.39 Å². The lowest BCUT2D eigenvalue weighted by molar-refractivity contribution is 0.0641. The van der Waals surface area contributed by atoms with Gasteiger partial charge in [-0.05, 0) is 38.5 Å². The second kappa shape index (κ2) is 6.58. The van der Waals surface area contributed by atoms with Gasteiger partial charge in [0.05, 0.1) is 0 Å². The van der Waals surface area contributed by atoms with Gasteiger partial charge in [-0.25, -0.2) is 4.39 Å². The van der Waals surface area contributed by atoms with E-state index in [4.69, 9.17) is 0 Å². The van der Waals surface area contributed by atoms with E-state index < -0.39 is 5.67 Å². The molecule has 96 valence electrons. The summed E-state index contributed by atoms with van der Waals surface area (Å²) in [7, 11) is 0. The molecule has 0 aliphatic carbocycles. The number of hydrogen-bond acceptors (Lipinski definition) is 1. The molecule has 0 unspecified atom stereocenters. The van der Waals surface area contributed by atoms with Gasteiger partial charge in [0.25, 0.3) is 0 Å². The van der Waals surface area contributed by atoms with Gasteiger partial charge in [-0.15, -0.1) is 0 Å². The molecule has 0 aromatic heterocycles. The highest BCUT2D eigenvalue weighted by Crippen LogP contribution is 2.27. The Kier molecular flexibility index (Phi) is 5.74. The smallest absolute Gasteiger partial charge is 0.110 e. The molecule has 1 heterocycles. The van der Waals surface area contributed by atoms with E-state index in [1.54, 1.807) is 6.92 Å². The Hall–Kier alpha value is -0.110. The molecule has 0 radical (unpaired) electrons. The standard InChI is InChI=1S/C14H28FN/c1-4-6-13(7-5-2)12-16-10-8-14(3,15)9-11-16/h13H,4-12H2,1-3H3. The van der Waals surface area contributed by atoms with Crippen LogP contribution in [0, 0.1) is 5.92 Å². The van der Waals surface area contributed by atoms with Crippen molar-refractivity contribution in [2.45, 2.75) is 65.0 Å². The van der Waals surface area contributed by atoms with Crippen molar-refractivity contribution in [1.29, 1.82) is 0 Å². The van der Waals surface area contributed by atoms with E-state index in [-0.39, 0.29) is 0 Å². The molecule has 0 spiro atoms. The molecule has 1 rings (SSSR count). The molecule has 1 nitrogen and oxygen atoms in total. The highest BCUT2D eigenvalue weighted by Gasteiger charge is 2.29. The summed E-state index contributed by atoms with van der Waals surface area (Å²) in [6.45, 7) is 9.38. The number of hydrogen-bond donors (Lipinski definition) is 0. The Morgan fingerprint density at radius 1 is 1.12 bits per heavy atom. The summed E-state index contributed by atoms with van der Waals surface area (Å²) < 4.78 is 13.7. The van der Waals surface area contributed by atoms with Crippen LogP contribution in [-0.2, 0) is 0 Å². The summed E-state index contributed by atoms with van der Waals surface area (Å²) in [4.78, 5) is 2.47. The van der Waals surface area contributed by atoms with E-state index in [1.165, 1.54) is 32.2 Å². The minimum atomic E-state index is -0.901. The van der Waals surface area contributed by atoms with Gasteiger partial charge in [0.1, 0.15) is 5.67 Å². The molecule has 1 fully saturated rings. The first-order valence-corrected chi connectivity index (χ1v) is 6.98. The van der Waals surface area contributed by atoms with Crippen LogP contribution >= 0.6 is 0 Å². The van der Waals surface area contributed by atoms with Gasteiger partial charge in [-0.3, -0.25) is 0 Å². The SMILES string of the molecule is CCCC(CCC)CN1CCC(C)(F)CC1. The summed E-state index contributed by atoms with van der Waals surface area (Å²) >= 11 is 0. The van der Waals surface area contributed by atoms with Crippen molar-refractivity contribution < 1.29 is 4.39 Å². The van der Waals surface area contributed by atoms with E-state index in [1.807, 2.05) is 0 Å². The van der Waals surface area contributed by atoms with Crippen molar-refractivity contribution in [3.63, 3.8) is 0 Å². The van der Waals surface area contributed by atoms with Crippen molar-refractivity contribution in [3.05, 3.63) is 0 Å². The van der Waals surface area contributed by atoms with E-state index >= 15 is 0 Å². The third-order valence-electron chi connectivity index (χ3n) is 3.81. The zero-order valence-electron chi connectivity index (χ0n) is 11.3. The largest absolute Gasteiger partial charge is 0.303 e. The molecular weight excluding hydrogens is 201 g/mol. The average molecular weight is 229 g/mol. The van der Waals surface area contributed by atoms with E-state index in [2.05, 4.69) is 18.7 Å². The molecule has 1 saturated heterocycles. The lowest BCUT2D eigenvalue weighted by atomic mass is 9.93. The van der Waals surface area contributed by atoms with Crippen LogP contribution in [0.4, 0.5) is 4.39 Å². The van der Waals surface area contributed by atoms with E-state index in [0.717, 1.165) is 31.8 Å². The van der Waals surface area contributed by atoms with Gasteiger partial charge in [-0.1, -0.05) is 26.7 Å². The Morgan fingerprint density at radius 3 is 2.06 bits per heavy atom. The summed E-state index contributed by atoms with van der Waals surface area (Å²) in [5.74, 6) is 0.832. The highest BCUT2D eigenvalue weighted by molar-refractivity contribution is 4.82. The zero-order valence-corrected chi connectivity index (χ0v) is 11.3. The van der Waals surface area contributed by atoms with Gasteiger partial charge in [0, 0.05) is 19.6 Å². The molecule has 0 saturated carbocycles. The van der Waals surface area contributed by atoms with Gasteiger partial charge in [0.15, 0.2) is 0 Å². The van der Waals surface area contributed by atoms with Crippen LogP contribution < -0.4 is 0 Å². The quantitative estimate of drug-likeness (QED) is 0.665. The number of piperidine rings is 1. The fraction of sp³-hybridized carbons (Fsp3) is 1.00. The number of halogens is 1. The third kappa shape index (κ3) is 4.82. The van der Waals surface area contributed by atoms with Gasteiger partial charge < -0.3 is 4.90 Å². The fourth-order valence-corrected chi connectivity index (χ4v) is 2.71. The van der Waals surface area contributed by atoms with Crippen molar-refractivity contribution in [3.8, 4) is 0 Å². The monoisotopic (exact) mass is 229 g/mol. The van der Waals surface area contributed by atoms with Crippen molar-refractivity contribution >= 4 is 0 Å². The van der Waals surface area contributed by atoms with E-state index in [0.29, 0.717) is 0 Å². The summed E-state index contributed by atoms with van der Waals surface area (Å²) in [6, 6.07) is 0. The molecule has 0 bridgehead atoms. The summed E-state index contributed by atoms with van der Waals surface area (Å²) in [5.41, 5.74) is -0.901. The Labute approximate surface area is 100 Å². The number of nitrogens with zero attached hydrogens (tertiary/aromatic N) is 1. The molecule has 0 aromatic carbocycles. The molecule has 0 N–H and O–H groups in total. The molecule has 2 heteroatoms. The van der Waals surface area contributed by atoms with Crippen LogP contribution in [0.15, 0.2) is 0 Å². The molecular formula is C14H28FN. The molecule has 0 amide bonds. The van der Waals surface area contributed by atoms with Crippen LogP contribution in [0.1, 0.15) is 59.3 Å². The molecule has 1 aliphatic heterocycles. The highest BCUT2D eigenvalue weighted by atomic mass is 19.1. The molecule has 1 aliphatic rings.